The number of rotatable bonds is 6. The molecule has 0 bridgehead atoms. The molecule has 3 aromatic rings. The normalized spacial score (nSPS) is 11.8. The van der Waals surface area contributed by atoms with Crippen molar-refractivity contribution in [2.75, 3.05) is 19.5 Å². The number of anilines is 1. The Balaban J connectivity index is 1.81. The fraction of sp³-hybridized carbons (Fsp3) is 0.211. The molecular weight excluding hydrogens is 320 g/mol. The highest BCUT2D eigenvalue weighted by Crippen LogP contribution is 2.35. The van der Waals surface area contributed by atoms with Crippen LogP contribution in [0.2, 0.25) is 0 Å². The van der Waals surface area contributed by atoms with Crippen molar-refractivity contribution in [3.05, 3.63) is 59.5 Å². The lowest BCUT2D eigenvalue weighted by atomic mass is 10.1. The van der Waals surface area contributed by atoms with Crippen LogP contribution in [0.4, 0.5) is 5.13 Å². The van der Waals surface area contributed by atoms with Gasteiger partial charge in [-0.3, -0.25) is 0 Å². The van der Waals surface area contributed by atoms with E-state index in [0.29, 0.717) is 0 Å². The van der Waals surface area contributed by atoms with E-state index < -0.39 is 0 Å². The number of nitrogens with zero attached hydrogens (tertiary/aromatic N) is 1. The molecule has 1 aromatic heterocycles. The van der Waals surface area contributed by atoms with Gasteiger partial charge in [-0.2, -0.15) is 0 Å². The maximum Gasteiger partial charge on any atom is 0.183 e. The van der Waals surface area contributed by atoms with Crippen LogP contribution in [0.5, 0.6) is 11.5 Å². The third-order valence-electron chi connectivity index (χ3n) is 3.83. The first-order valence-electron chi connectivity index (χ1n) is 7.70. The molecule has 0 aliphatic heterocycles. The average Bonchev–Trinajstić information content (AvgIpc) is 3.10. The number of nitrogens with one attached hydrogen (secondary N) is 1. The van der Waals surface area contributed by atoms with Crippen molar-refractivity contribution in [2.24, 2.45) is 0 Å². The maximum absolute atomic E-state index is 5.47. The van der Waals surface area contributed by atoms with Crippen LogP contribution in [0.3, 0.4) is 0 Å². The molecule has 0 radical (unpaired) electrons. The van der Waals surface area contributed by atoms with Crippen LogP contribution in [-0.2, 0) is 0 Å². The Morgan fingerprint density at radius 1 is 1.04 bits per heavy atom. The zero-order valence-corrected chi connectivity index (χ0v) is 14.8. The summed E-state index contributed by atoms with van der Waals surface area (Å²) >= 11 is 1.59. The minimum absolute atomic E-state index is 0.197. The second-order valence-electron chi connectivity index (χ2n) is 5.38. The number of aromatic nitrogens is 1. The summed E-state index contributed by atoms with van der Waals surface area (Å²) in [5.74, 6) is 1.52. The predicted molar refractivity (Wildman–Crippen MR) is 99.1 cm³/mol. The lowest BCUT2D eigenvalue weighted by Crippen LogP contribution is -2.05. The quantitative estimate of drug-likeness (QED) is 0.686. The van der Waals surface area contributed by atoms with E-state index in [1.54, 1.807) is 25.6 Å². The van der Waals surface area contributed by atoms with Crippen molar-refractivity contribution in [2.45, 2.75) is 13.0 Å². The van der Waals surface area contributed by atoms with E-state index in [-0.39, 0.29) is 6.04 Å². The molecule has 0 saturated heterocycles. The molecule has 1 atom stereocenters. The van der Waals surface area contributed by atoms with Gasteiger partial charge in [-0.25, -0.2) is 4.98 Å². The minimum Gasteiger partial charge on any atom is -0.497 e. The van der Waals surface area contributed by atoms with Crippen LogP contribution >= 0.6 is 11.3 Å². The zero-order chi connectivity index (χ0) is 16.9. The first-order chi connectivity index (χ1) is 11.7. The van der Waals surface area contributed by atoms with Crippen LogP contribution < -0.4 is 14.8 Å². The molecule has 3 rings (SSSR count). The fourth-order valence-electron chi connectivity index (χ4n) is 2.48. The molecule has 1 N–H and O–H groups in total. The average molecular weight is 340 g/mol. The second-order valence-corrected chi connectivity index (χ2v) is 6.24. The van der Waals surface area contributed by atoms with Crippen molar-refractivity contribution in [1.82, 2.24) is 4.98 Å². The van der Waals surface area contributed by atoms with Gasteiger partial charge in [0.1, 0.15) is 11.5 Å². The standard InChI is InChI=1S/C19H20N2O2S/c1-13(14-7-5-4-6-8-14)20-19-21-17(12-24-19)16-10-9-15(22-2)11-18(16)23-3/h4-13H,1-3H3,(H,20,21)/t13-/m0/s1. The summed E-state index contributed by atoms with van der Waals surface area (Å²) in [4.78, 5) is 4.70. The van der Waals surface area contributed by atoms with E-state index >= 15 is 0 Å². The summed E-state index contributed by atoms with van der Waals surface area (Å²) in [6.07, 6.45) is 0. The van der Waals surface area contributed by atoms with Crippen LogP contribution in [0.25, 0.3) is 11.3 Å². The Labute approximate surface area is 146 Å². The first-order valence-corrected chi connectivity index (χ1v) is 8.58. The maximum atomic E-state index is 5.47. The van der Waals surface area contributed by atoms with E-state index in [0.717, 1.165) is 27.9 Å². The molecule has 2 aromatic carbocycles. The molecule has 0 unspecified atom stereocenters. The van der Waals surface area contributed by atoms with Gasteiger partial charge in [-0.1, -0.05) is 30.3 Å². The van der Waals surface area contributed by atoms with Crippen LogP contribution in [0, 0.1) is 0 Å². The Morgan fingerprint density at radius 2 is 1.83 bits per heavy atom. The molecule has 0 spiro atoms. The van der Waals surface area contributed by atoms with Crippen molar-refractivity contribution < 1.29 is 9.47 Å². The van der Waals surface area contributed by atoms with Gasteiger partial charge in [0.2, 0.25) is 0 Å². The SMILES string of the molecule is COc1ccc(-c2csc(N[C@@H](C)c3ccccc3)n2)c(OC)c1. The van der Waals surface area contributed by atoms with Crippen LogP contribution in [0.15, 0.2) is 53.9 Å². The lowest BCUT2D eigenvalue weighted by molar-refractivity contribution is 0.395. The Bertz CT molecular complexity index is 802. The van der Waals surface area contributed by atoms with Gasteiger partial charge in [-0.05, 0) is 24.6 Å². The van der Waals surface area contributed by atoms with Gasteiger partial charge in [0, 0.05) is 17.0 Å². The minimum atomic E-state index is 0.197. The number of ether oxygens (including phenoxy) is 2. The molecule has 5 heteroatoms. The van der Waals surface area contributed by atoms with Gasteiger partial charge in [0.15, 0.2) is 5.13 Å². The molecule has 4 nitrogen and oxygen atoms in total. The van der Waals surface area contributed by atoms with Gasteiger partial charge < -0.3 is 14.8 Å². The summed E-state index contributed by atoms with van der Waals surface area (Å²) in [6.45, 7) is 2.13. The smallest absolute Gasteiger partial charge is 0.183 e. The van der Waals surface area contributed by atoms with Gasteiger partial charge in [-0.15, -0.1) is 11.3 Å². The summed E-state index contributed by atoms with van der Waals surface area (Å²) in [5.41, 5.74) is 3.08. The van der Waals surface area contributed by atoms with Crippen molar-refractivity contribution in [1.29, 1.82) is 0 Å². The summed E-state index contributed by atoms with van der Waals surface area (Å²) < 4.78 is 10.7. The Morgan fingerprint density at radius 3 is 2.54 bits per heavy atom. The van der Waals surface area contributed by atoms with Gasteiger partial charge >= 0.3 is 0 Å². The summed E-state index contributed by atoms with van der Waals surface area (Å²) in [6, 6.07) is 16.3. The third-order valence-corrected chi connectivity index (χ3v) is 4.60. The number of benzene rings is 2. The van der Waals surface area contributed by atoms with Crippen molar-refractivity contribution >= 4 is 16.5 Å². The van der Waals surface area contributed by atoms with Crippen LogP contribution in [0.1, 0.15) is 18.5 Å². The molecule has 0 aliphatic rings. The molecule has 1 heterocycles. The zero-order valence-electron chi connectivity index (χ0n) is 13.9. The van der Waals surface area contributed by atoms with Gasteiger partial charge in [0.25, 0.3) is 0 Å². The first kappa shape index (κ1) is 16.3. The lowest BCUT2D eigenvalue weighted by Gasteiger charge is -2.13. The molecular formula is C19H20N2O2S. The highest BCUT2D eigenvalue weighted by atomic mass is 32.1. The van der Waals surface area contributed by atoms with Crippen molar-refractivity contribution in [3.8, 4) is 22.8 Å². The van der Waals surface area contributed by atoms with Crippen LogP contribution in [-0.4, -0.2) is 19.2 Å². The monoisotopic (exact) mass is 340 g/mol. The molecule has 0 aliphatic carbocycles. The van der Waals surface area contributed by atoms with E-state index in [4.69, 9.17) is 14.5 Å². The second kappa shape index (κ2) is 7.36. The molecule has 124 valence electrons. The van der Waals surface area contributed by atoms with E-state index in [1.165, 1.54) is 5.56 Å². The van der Waals surface area contributed by atoms with E-state index in [1.807, 2.05) is 41.8 Å². The molecule has 0 amide bonds. The molecule has 24 heavy (non-hydrogen) atoms. The largest absolute Gasteiger partial charge is 0.497 e. The number of hydrogen-bond donors (Lipinski definition) is 1. The van der Waals surface area contributed by atoms with E-state index in [9.17, 15) is 0 Å². The molecule has 0 fully saturated rings. The Hall–Kier alpha value is -2.53. The number of hydrogen-bond acceptors (Lipinski definition) is 5. The predicted octanol–water partition coefficient (Wildman–Crippen LogP) is 5.00. The van der Waals surface area contributed by atoms with Crippen molar-refractivity contribution in [3.63, 3.8) is 0 Å². The van der Waals surface area contributed by atoms with E-state index in [2.05, 4.69) is 24.4 Å². The summed E-state index contributed by atoms with van der Waals surface area (Å²) in [7, 11) is 3.30. The Kier molecular flexibility index (Phi) is 5.01. The highest BCUT2D eigenvalue weighted by molar-refractivity contribution is 7.14. The fourth-order valence-corrected chi connectivity index (χ4v) is 3.28. The highest BCUT2D eigenvalue weighted by Gasteiger charge is 2.13. The topological polar surface area (TPSA) is 43.4 Å². The number of thiazole rings is 1. The third kappa shape index (κ3) is 3.51. The van der Waals surface area contributed by atoms with Gasteiger partial charge in [0.05, 0.1) is 26.0 Å². The number of methoxy groups -OCH3 is 2. The summed E-state index contributed by atoms with van der Waals surface area (Å²) in [5, 5.41) is 6.37. The molecule has 0 saturated carbocycles.